The molecule has 1 heterocycles. The quantitative estimate of drug-likeness (QED) is 0.816. The second kappa shape index (κ2) is 5.48. The van der Waals surface area contributed by atoms with E-state index >= 15 is 0 Å². The highest BCUT2D eigenvalue weighted by Gasteiger charge is 2.31. The van der Waals surface area contributed by atoms with Crippen molar-refractivity contribution < 1.29 is 13.2 Å². The summed E-state index contributed by atoms with van der Waals surface area (Å²) in [5.74, 6) is -0.0471. The monoisotopic (exact) mass is 284 g/mol. The normalized spacial score (nSPS) is 19.2. The molecular formula is C13H20N2O3S. The molecule has 0 radical (unpaired) electrons. The maximum atomic E-state index is 12.2. The molecule has 0 spiro atoms. The zero-order chi connectivity index (χ0) is 13.9. The Morgan fingerprint density at radius 3 is 2.68 bits per heavy atom. The third kappa shape index (κ3) is 4.19. The molecule has 5 nitrogen and oxygen atoms in total. The molecule has 1 aromatic rings. The Kier molecular flexibility index (Phi) is 4.13. The van der Waals surface area contributed by atoms with Gasteiger partial charge in [0.1, 0.15) is 0 Å². The number of nitrogens with two attached hydrogens (primary N) is 1. The Labute approximate surface area is 114 Å². The molecule has 3 N–H and O–H groups in total. The lowest BCUT2D eigenvalue weighted by molar-refractivity contribution is 0.0537. The van der Waals surface area contributed by atoms with Crippen molar-refractivity contribution in [3.63, 3.8) is 0 Å². The molecule has 0 unspecified atom stereocenters. The largest absolute Gasteiger partial charge is 0.399 e. The van der Waals surface area contributed by atoms with Crippen molar-refractivity contribution in [2.75, 3.05) is 18.9 Å². The van der Waals surface area contributed by atoms with Gasteiger partial charge in [-0.25, -0.2) is 13.1 Å². The van der Waals surface area contributed by atoms with Crippen molar-refractivity contribution in [2.45, 2.75) is 31.1 Å². The summed E-state index contributed by atoms with van der Waals surface area (Å²) in [6, 6.07) is 6.95. The highest BCUT2D eigenvalue weighted by molar-refractivity contribution is 7.88. The number of hydrogen-bond acceptors (Lipinski definition) is 4. The summed E-state index contributed by atoms with van der Waals surface area (Å²) in [5, 5.41) is 0. The maximum Gasteiger partial charge on any atom is 0.216 e. The van der Waals surface area contributed by atoms with Crippen LogP contribution in [0.5, 0.6) is 0 Å². The summed E-state index contributed by atoms with van der Waals surface area (Å²) in [7, 11) is -3.37. The highest BCUT2D eigenvalue weighted by atomic mass is 32.2. The third-order valence-corrected chi connectivity index (χ3v) is 4.82. The second-order valence-corrected chi connectivity index (χ2v) is 7.00. The average molecular weight is 284 g/mol. The number of nitrogen functional groups attached to an aromatic ring is 1. The number of benzene rings is 1. The summed E-state index contributed by atoms with van der Waals surface area (Å²) in [6.45, 7) is 3.11. The van der Waals surface area contributed by atoms with Crippen LogP contribution in [-0.4, -0.2) is 27.2 Å². The molecule has 1 aliphatic heterocycles. The Morgan fingerprint density at radius 2 is 2.05 bits per heavy atom. The Bertz CT molecular complexity index is 537. The van der Waals surface area contributed by atoms with Gasteiger partial charge in [0.25, 0.3) is 0 Å². The predicted octanol–water partition coefficient (Wildman–Crippen LogP) is 1.26. The van der Waals surface area contributed by atoms with E-state index < -0.39 is 15.6 Å². The van der Waals surface area contributed by atoms with Gasteiger partial charge >= 0.3 is 0 Å². The van der Waals surface area contributed by atoms with Crippen molar-refractivity contribution in [3.05, 3.63) is 29.8 Å². The second-order valence-electron chi connectivity index (χ2n) is 5.28. The molecular weight excluding hydrogens is 264 g/mol. The van der Waals surface area contributed by atoms with Gasteiger partial charge in [0.2, 0.25) is 10.0 Å². The van der Waals surface area contributed by atoms with E-state index in [1.54, 1.807) is 24.3 Å². The minimum absolute atomic E-state index is 0.0471. The van der Waals surface area contributed by atoms with E-state index in [0.717, 1.165) is 0 Å². The third-order valence-electron chi connectivity index (χ3n) is 3.31. The summed E-state index contributed by atoms with van der Waals surface area (Å²) in [6.07, 6.45) is 1.40. The molecule has 0 aliphatic carbocycles. The standard InChI is InChI=1S/C13H20N2O3S/c1-13(5-7-18-8-6-13)15-19(16,17)10-11-3-2-4-12(14)9-11/h2-4,9,15H,5-8,10,14H2,1H3. The minimum atomic E-state index is -3.37. The van der Waals surface area contributed by atoms with E-state index in [9.17, 15) is 8.42 Å². The first-order chi connectivity index (χ1) is 8.89. The lowest BCUT2D eigenvalue weighted by atomic mass is 9.94. The van der Waals surface area contributed by atoms with Crippen LogP contribution in [-0.2, 0) is 20.5 Å². The molecule has 1 aliphatic rings. The number of hydrogen-bond donors (Lipinski definition) is 2. The first-order valence-electron chi connectivity index (χ1n) is 6.32. The van der Waals surface area contributed by atoms with E-state index in [1.807, 2.05) is 6.92 Å². The Hall–Kier alpha value is -1.11. The van der Waals surface area contributed by atoms with Gasteiger partial charge in [-0.3, -0.25) is 0 Å². The van der Waals surface area contributed by atoms with E-state index in [4.69, 9.17) is 10.5 Å². The van der Waals surface area contributed by atoms with Crippen LogP contribution in [0.4, 0.5) is 5.69 Å². The van der Waals surface area contributed by atoms with Crippen molar-refractivity contribution in [3.8, 4) is 0 Å². The lowest BCUT2D eigenvalue weighted by Gasteiger charge is -2.34. The van der Waals surface area contributed by atoms with Crippen molar-refractivity contribution in [2.24, 2.45) is 0 Å². The van der Waals surface area contributed by atoms with Crippen molar-refractivity contribution in [1.82, 2.24) is 4.72 Å². The minimum Gasteiger partial charge on any atom is -0.399 e. The molecule has 0 atom stereocenters. The fourth-order valence-corrected chi connectivity index (χ4v) is 3.88. The number of anilines is 1. The summed E-state index contributed by atoms with van der Waals surface area (Å²) < 4.78 is 32.4. The van der Waals surface area contributed by atoms with Crippen molar-refractivity contribution >= 4 is 15.7 Å². The first kappa shape index (κ1) is 14.3. The van der Waals surface area contributed by atoms with Crippen LogP contribution in [0.25, 0.3) is 0 Å². The van der Waals surface area contributed by atoms with Crippen LogP contribution in [0.1, 0.15) is 25.3 Å². The SMILES string of the molecule is CC1(NS(=O)(=O)Cc2cccc(N)c2)CCOCC1. The molecule has 1 aromatic carbocycles. The van der Waals surface area contributed by atoms with Crippen LogP contribution in [0, 0.1) is 0 Å². The van der Waals surface area contributed by atoms with Gasteiger partial charge < -0.3 is 10.5 Å². The molecule has 1 fully saturated rings. The number of rotatable bonds is 4. The van der Waals surface area contributed by atoms with Gasteiger partial charge in [-0.05, 0) is 37.5 Å². The van der Waals surface area contributed by atoms with Gasteiger partial charge in [-0.2, -0.15) is 0 Å². The smallest absolute Gasteiger partial charge is 0.216 e. The molecule has 0 bridgehead atoms. The number of ether oxygens (including phenoxy) is 1. The molecule has 0 saturated carbocycles. The van der Waals surface area contributed by atoms with Gasteiger partial charge in [-0.1, -0.05) is 12.1 Å². The average Bonchev–Trinajstić information content (AvgIpc) is 2.27. The molecule has 6 heteroatoms. The highest BCUT2D eigenvalue weighted by Crippen LogP contribution is 2.22. The summed E-state index contributed by atoms with van der Waals surface area (Å²) in [5.41, 5.74) is 6.52. The van der Waals surface area contributed by atoms with E-state index in [-0.39, 0.29) is 5.75 Å². The molecule has 0 amide bonds. The Morgan fingerprint density at radius 1 is 1.37 bits per heavy atom. The number of nitrogens with one attached hydrogen (secondary N) is 1. The van der Waals surface area contributed by atoms with Gasteiger partial charge in [0.15, 0.2) is 0 Å². The van der Waals surface area contributed by atoms with Crippen LogP contribution in [0.15, 0.2) is 24.3 Å². The van der Waals surface area contributed by atoms with E-state index in [2.05, 4.69) is 4.72 Å². The van der Waals surface area contributed by atoms with Crippen molar-refractivity contribution in [1.29, 1.82) is 0 Å². The van der Waals surface area contributed by atoms with E-state index in [1.165, 1.54) is 0 Å². The zero-order valence-corrected chi connectivity index (χ0v) is 11.9. The number of sulfonamides is 1. The van der Waals surface area contributed by atoms with Crippen LogP contribution < -0.4 is 10.5 Å². The molecule has 0 aromatic heterocycles. The molecule has 2 rings (SSSR count). The zero-order valence-electron chi connectivity index (χ0n) is 11.1. The van der Waals surface area contributed by atoms with E-state index in [0.29, 0.717) is 37.3 Å². The maximum absolute atomic E-state index is 12.2. The fraction of sp³-hybridized carbons (Fsp3) is 0.538. The van der Waals surface area contributed by atoms with Gasteiger partial charge in [0, 0.05) is 24.4 Å². The molecule has 106 valence electrons. The fourth-order valence-electron chi connectivity index (χ4n) is 2.24. The Balaban J connectivity index is 2.06. The lowest BCUT2D eigenvalue weighted by Crippen LogP contribution is -2.49. The topological polar surface area (TPSA) is 81.4 Å². The first-order valence-corrected chi connectivity index (χ1v) is 7.98. The summed E-state index contributed by atoms with van der Waals surface area (Å²) >= 11 is 0. The van der Waals surface area contributed by atoms with Gasteiger partial charge in [0.05, 0.1) is 5.75 Å². The molecule has 1 saturated heterocycles. The van der Waals surface area contributed by atoms with Crippen LogP contribution >= 0.6 is 0 Å². The van der Waals surface area contributed by atoms with Crippen LogP contribution in [0.3, 0.4) is 0 Å². The molecule has 19 heavy (non-hydrogen) atoms. The van der Waals surface area contributed by atoms with Crippen LogP contribution in [0.2, 0.25) is 0 Å². The predicted molar refractivity (Wildman–Crippen MR) is 75.1 cm³/mol. The summed E-state index contributed by atoms with van der Waals surface area (Å²) in [4.78, 5) is 0. The van der Waals surface area contributed by atoms with Gasteiger partial charge in [-0.15, -0.1) is 0 Å².